The van der Waals surface area contributed by atoms with Crippen molar-refractivity contribution in [3.8, 4) is 0 Å². The molecule has 2 aromatic rings. The molecule has 0 aromatic heterocycles. The van der Waals surface area contributed by atoms with Crippen LogP contribution in [0.2, 0.25) is 5.02 Å². The van der Waals surface area contributed by atoms with E-state index in [0.29, 0.717) is 21.8 Å². The van der Waals surface area contributed by atoms with Gasteiger partial charge in [-0.1, -0.05) is 48.0 Å². The summed E-state index contributed by atoms with van der Waals surface area (Å²) in [5, 5.41) is 6.66. The van der Waals surface area contributed by atoms with Gasteiger partial charge in [0.25, 0.3) is 0 Å². The minimum atomic E-state index is -1.39. The third kappa shape index (κ3) is 3.08. The van der Waals surface area contributed by atoms with Crippen molar-refractivity contribution in [1.82, 2.24) is 10.2 Å². The zero-order valence-corrected chi connectivity index (χ0v) is 18.7. The third-order valence-corrected chi connectivity index (χ3v) is 7.41. The predicted octanol–water partition coefficient (Wildman–Crippen LogP) is 1.83. The molecule has 0 unspecified atom stereocenters. The summed E-state index contributed by atoms with van der Waals surface area (Å²) in [6.45, 7) is 1.89. The summed E-state index contributed by atoms with van der Waals surface area (Å²) in [5.74, 6) is -3.42. The van der Waals surface area contributed by atoms with Crippen molar-refractivity contribution < 1.29 is 19.2 Å². The Morgan fingerprint density at radius 1 is 1.12 bits per heavy atom. The summed E-state index contributed by atoms with van der Waals surface area (Å²) in [7, 11) is 0. The van der Waals surface area contributed by atoms with Crippen LogP contribution in [0.15, 0.2) is 42.5 Å². The van der Waals surface area contributed by atoms with Gasteiger partial charge in [0.15, 0.2) is 0 Å². The van der Waals surface area contributed by atoms with Crippen LogP contribution in [0.1, 0.15) is 29.5 Å². The van der Waals surface area contributed by atoms with Crippen LogP contribution >= 0.6 is 11.6 Å². The number of amides is 4. The van der Waals surface area contributed by atoms with E-state index in [-0.39, 0.29) is 31.2 Å². The van der Waals surface area contributed by atoms with Crippen LogP contribution in [0.25, 0.3) is 0 Å². The Morgan fingerprint density at radius 3 is 2.61 bits per heavy atom. The van der Waals surface area contributed by atoms with Crippen molar-refractivity contribution in [1.29, 1.82) is 0 Å². The van der Waals surface area contributed by atoms with E-state index in [0.717, 1.165) is 5.56 Å². The summed E-state index contributed by atoms with van der Waals surface area (Å²) >= 11 is 6.28. The van der Waals surface area contributed by atoms with Crippen LogP contribution in [0.4, 0.5) is 5.69 Å². The second kappa shape index (κ2) is 7.67. The summed E-state index contributed by atoms with van der Waals surface area (Å²) < 4.78 is 0. The van der Waals surface area contributed by atoms with Crippen molar-refractivity contribution in [3.05, 3.63) is 64.2 Å². The van der Waals surface area contributed by atoms with Crippen LogP contribution in [-0.4, -0.2) is 34.6 Å². The maximum atomic E-state index is 13.7. The molecule has 2 aromatic carbocycles. The van der Waals surface area contributed by atoms with E-state index in [1.807, 2.05) is 19.1 Å². The van der Waals surface area contributed by atoms with Crippen molar-refractivity contribution in [3.63, 3.8) is 0 Å². The monoisotopic (exact) mass is 466 g/mol. The number of nitrogens with two attached hydrogens (primary N) is 1. The number of aryl methyl sites for hydroxylation is 1. The van der Waals surface area contributed by atoms with E-state index in [1.54, 1.807) is 30.3 Å². The molecule has 1 spiro atoms. The highest BCUT2D eigenvalue weighted by Gasteiger charge is 2.70. The Bertz CT molecular complexity index is 1210. The number of hydrogen-bond acceptors (Lipinski definition) is 5. The molecule has 2 fully saturated rings. The summed E-state index contributed by atoms with van der Waals surface area (Å²) in [6, 6.07) is 12.0. The standard InChI is InChI=1S/C24H23ClN4O4/c1-12-5-4-7-14-20(12)27-23(33)24(14)19-18(16(28-24)9-10-17(26)30)21(31)29(22(19)32)11-13-6-2-3-8-15(13)25/h2-8,16,18-19,28H,9-11H2,1H3,(H2,26,30)(H,27,33)/t16-,18+,19-,24-/m0/s1. The predicted molar refractivity (Wildman–Crippen MR) is 121 cm³/mol. The zero-order chi connectivity index (χ0) is 23.5. The maximum absolute atomic E-state index is 13.7. The lowest BCUT2D eigenvalue weighted by Crippen LogP contribution is -2.53. The Morgan fingerprint density at radius 2 is 1.88 bits per heavy atom. The molecule has 0 saturated carbocycles. The van der Waals surface area contributed by atoms with Crippen LogP contribution in [0, 0.1) is 18.8 Å². The molecule has 2 saturated heterocycles. The number of likely N-dealkylation sites (tertiary alicyclic amines) is 1. The second-order valence-corrected chi connectivity index (χ2v) is 9.28. The summed E-state index contributed by atoms with van der Waals surface area (Å²) in [4.78, 5) is 53.4. The lowest BCUT2D eigenvalue weighted by molar-refractivity contribution is -0.143. The van der Waals surface area contributed by atoms with Crippen LogP contribution < -0.4 is 16.4 Å². The third-order valence-electron chi connectivity index (χ3n) is 7.04. The van der Waals surface area contributed by atoms with Gasteiger partial charge in [0.2, 0.25) is 23.6 Å². The molecule has 4 N–H and O–H groups in total. The van der Waals surface area contributed by atoms with Gasteiger partial charge in [0, 0.05) is 28.7 Å². The maximum Gasteiger partial charge on any atom is 0.250 e. The molecule has 33 heavy (non-hydrogen) atoms. The average molecular weight is 467 g/mol. The Balaban J connectivity index is 1.60. The summed E-state index contributed by atoms with van der Waals surface area (Å²) in [5.41, 5.74) is 6.76. The van der Waals surface area contributed by atoms with E-state index in [2.05, 4.69) is 10.6 Å². The van der Waals surface area contributed by atoms with Crippen LogP contribution in [-0.2, 0) is 31.3 Å². The van der Waals surface area contributed by atoms with Gasteiger partial charge in [-0.3, -0.25) is 29.4 Å². The Hall–Kier alpha value is -3.23. The van der Waals surface area contributed by atoms with Gasteiger partial charge in [0.05, 0.1) is 18.4 Å². The minimum Gasteiger partial charge on any atom is -0.370 e. The number of carbonyl (C=O) groups excluding carboxylic acids is 4. The molecule has 0 bridgehead atoms. The highest BCUT2D eigenvalue weighted by Crippen LogP contribution is 2.54. The topological polar surface area (TPSA) is 122 Å². The number of benzene rings is 2. The van der Waals surface area contributed by atoms with E-state index < -0.39 is 35.2 Å². The molecule has 4 atom stereocenters. The number of imide groups is 1. The first-order valence-electron chi connectivity index (χ1n) is 10.8. The number of para-hydroxylation sites is 1. The van der Waals surface area contributed by atoms with Crippen molar-refractivity contribution in [2.24, 2.45) is 17.6 Å². The number of halogens is 1. The molecule has 8 nitrogen and oxygen atoms in total. The molecule has 3 aliphatic heterocycles. The first-order valence-corrected chi connectivity index (χ1v) is 11.2. The quantitative estimate of drug-likeness (QED) is 0.580. The Kier molecular flexibility index (Phi) is 5.02. The number of nitrogens with one attached hydrogen (secondary N) is 2. The lowest BCUT2D eigenvalue weighted by Gasteiger charge is -2.29. The highest BCUT2D eigenvalue weighted by atomic mass is 35.5. The molecule has 0 aliphatic carbocycles. The van der Waals surface area contributed by atoms with Gasteiger partial charge in [-0.2, -0.15) is 0 Å². The van der Waals surface area contributed by atoms with Gasteiger partial charge in [-0.25, -0.2) is 0 Å². The number of carbonyl (C=O) groups is 4. The van der Waals surface area contributed by atoms with Crippen molar-refractivity contribution >= 4 is 40.9 Å². The number of hydrogen-bond donors (Lipinski definition) is 3. The van der Waals surface area contributed by atoms with Crippen molar-refractivity contribution in [2.45, 2.75) is 37.9 Å². The van der Waals surface area contributed by atoms with E-state index in [4.69, 9.17) is 17.3 Å². The molecular weight excluding hydrogens is 444 g/mol. The normalized spacial score (nSPS) is 27.8. The molecule has 3 heterocycles. The molecule has 9 heteroatoms. The SMILES string of the molecule is Cc1cccc2c1NC(=O)[C@]21N[C@@H](CCC(N)=O)[C@H]2C(=O)N(Cc3ccccc3Cl)C(=O)[C@H]21. The van der Waals surface area contributed by atoms with E-state index in [9.17, 15) is 19.2 Å². The molecule has 4 amide bonds. The second-order valence-electron chi connectivity index (χ2n) is 8.87. The highest BCUT2D eigenvalue weighted by molar-refractivity contribution is 6.31. The lowest BCUT2D eigenvalue weighted by atomic mass is 9.76. The number of anilines is 1. The Labute approximate surface area is 195 Å². The zero-order valence-electron chi connectivity index (χ0n) is 17.9. The largest absolute Gasteiger partial charge is 0.370 e. The number of fused-ring (bicyclic) bond motifs is 4. The molecule has 5 rings (SSSR count). The fraction of sp³-hybridized carbons (Fsp3) is 0.333. The van der Waals surface area contributed by atoms with Gasteiger partial charge in [0.1, 0.15) is 5.54 Å². The number of rotatable bonds is 5. The van der Waals surface area contributed by atoms with Crippen LogP contribution in [0.5, 0.6) is 0 Å². The average Bonchev–Trinajstić information content (AvgIpc) is 3.35. The fourth-order valence-corrected chi connectivity index (χ4v) is 5.73. The number of nitrogens with zero attached hydrogens (tertiary/aromatic N) is 1. The number of primary amides is 1. The first-order chi connectivity index (χ1) is 15.8. The van der Waals surface area contributed by atoms with Gasteiger partial charge in [-0.05, 0) is 30.5 Å². The summed E-state index contributed by atoms with van der Waals surface area (Å²) in [6.07, 6.45) is 0.275. The smallest absolute Gasteiger partial charge is 0.250 e. The van der Waals surface area contributed by atoms with Crippen molar-refractivity contribution in [2.75, 3.05) is 5.32 Å². The molecule has 0 radical (unpaired) electrons. The fourth-order valence-electron chi connectivity index (χ4n) is 5.53. The van der Waals surface area contributed by atoms with Gasteiger partial charge >= 0.3 is 0 Å². The molecular formula is C24H23ClN4O4. The minimum absolute atomic E-state index is 0.0191. The van der Waals surface area contributed by atoms with Gasteiger partial charge in [-0.15, -0.1) is 0 Å². The van der Waals surface area contributed by atoms with E-state index in [1.165, 1.54) is 4.90 Å². The van der Waals surface area contributed by atoms with Crippen LogP contribution in [0.3, 0.4) is 0 Å². The first kappa shape index (κ1) is 21.6. The molecule has 170 valence electrons. The molecule has 3 aliphatic rings. The van der Waals surface area contributed by atoms with E-state index >= 15 is 0 Å². The van der Waals surface area contributed by atoms with Gasteiger partial charge < -0.3 is 11.1 Å².